The molecule has 1 rings (SSSR count). The van der Waals surface area contributed by atoms with Crippen molar-refractivity contribution in [1.82, 2.24) is 0 Å². The Kier molecular flexibility index (Phi) is 4.03. The number of carbonyl (C=O) groups is 1. The first-order chi connectivity index (χ1) is 6.65. The van der Waals surface area contributed by atoms with Crippen molar-refractivity contribution in [3.63, 3.8) is 0 Å². The van der Waals surface area contributed by atoms with E-state index in [4.69, 9.17) is 10.2 Å². The van der Waals surface area contributed by atoms with Gasteiger partial charge >= 0.3 is 5.97 Å². The van der Waals surface area contributed by atoms with Gasteiger partial charge in [-0.1, -0.05) is 0 Å². The van der Waals surface area contributed by atoms with Gasteiger partial charge in [0.2, 0.25) is 0 Å². The number of methoxy groups -OCH3 is 1. The van der Waals surface area contributed by atoms with E-state index in [9.17, 15) is 4.79 Å². The second-order valence-corrected chi connectivity index (χ2v) is 3.84. The second-order valence-electron chi connectivity index (χ2n) is 2.78. The highest BCUT2D eigenvalue weighted by molar-refractivity contribution is 7.99. The summed E-state index contributed by atoms with van der Waals surface area (Å²) >= 11 is 1.49. The molecule has 0 aliphatic heterocycles. The third-order valence-electron chi connectivity index (χ3n) is 1.73. The zero-order chi connectivity index (χ0) is 10.6. The number of nitrogens with two attached hydrogens (primary N) is 1. The highest BCUT2D eigenvalue weighted by Crippen LogP contribution is 2.23. The van der Waals surface area contributed by atoms with Crippen molar-refractivity contribution >= 4 is 17.7 Å². The lowest BCUT2D eigenvalue weighted by molar-refractivity contribution is -0.141. The number of ether oxygens (including phenoxy) is 1. The Balaban J connectivity index is 2.41. The molecule has 0 radical (unpaired) electrons. The quantitative estimate of drug-likeness (QED) is 0.603. The Bertz CT molecular complexity index is 311. The number of esters is 1. The number of hydrogen-bond acceptors (Lipinski definition) is 5. The number of thioether (sulfide) groups is 1. The third kappa shape index (κ3) is 2.78. The molecular weight excluding hydrogens is 202 g/mol. The van der Waals surface area contributed by atoms with Gasteiger partial charge in [0.25, 0.3) is 0 Å². The van der Waals surface area contributed by atoms with Crippen LogP contribution in [-0.4, -0.2) is 24.9 Å². The minimum Gasteiger partial charge on any atom is -0.468 e. The summed E-state index contributed by atoms with van der Waals surface area (Å²) in [6, 6.07) is 1.27. The number of rotatable bonds is 4. The maximum atomic E-state index is 11.0. The van der Waals surface area contributed by atoms with Crippen molar-refractivity contribution < 1.29 is 13.9 Å². The lowest BCUT2D eigenvalue weighted by atomic mass is 10.4. The molecule has 0 saturated carbocycles. The highest BCUT2D eigenvalue weighted by atomic mass is 32.2. The molecule has 5 heteroatoms. The van der Waals surface area contributed by atoms with Crippen LogP contribution in [0.2, 0.25) is 0 Å². The molecule has 0 bridgehead atoms. The minimum absolute atomic E-state index is 0.390. The van der Waals surface area contributed by atoms with Crippen molar-refractivity contribution in [2.45, 2.75) is 17.9 Å². The van der Waals surface area contributed by atoms with Crippen LogP contribution >= 0.6 is 11.8 Å². The first kappa shape index (κ1) is 11.1. The summed E-state index contributed by atoms with van der Waals surface area (Å²) in [5, 5.41) is 0. The second kappa shape index (κ2) is 5.07. The van der Waals surface area contributed by atoms with Crippen LogP contribution in [-0.2, 0) is 9.53 Å². The lowest BCUT2D eigenvalue weighted by Crippen LogP contribution is -2.33. The SMILES string of the molecule is COC(=O)C(N)CSc1ccoc1C. The first-order valence-electron chi connectivity index (χ1n) is 4.15. The monoisotopic (exact) mass is 215 g/mol. The fourth-order valence-corrected chi connectivity index (χ4v) is 1.82. The molecule has 1 heterocycles. The van der Waals surface area contributed by atoms with E-state index >= 15 is 0 Å². The summed E-state index contributed by atoms with van der Waals surface area (Å²) in [5.74, 6) is 0.943. The summed E-state index contributed by atoms with van der Waals surface area (Å²) in [6.07, 6.45) is 1.61. The number of furan rings is 1. The molecule has 1 unspecified atom stereocenters. The van der Waals surface area contributed by atoms with Crippen molar-refractivity contribution in [1.29, 1.82) is 0 Å². The van der Waals surface area contributed by atoms with Gasteiger partial charge in [0.1, 0.15) is 11.8 Å². The highest BCUT2D eigenvalue weighted by Gasteiger charge is 2.14. The van der Waals surface area contributed by atoms with Gasteiger partial charge < -0.3 is 14.9 Å². The van der Waals surface area contributed by atoms with Crippen LogP contribution in [0.25, 0.3) is 0 Å². The molecule has 4 nitrogen and oxygen atoms in total. The van der Waals surface area contributed by atoms with Crippen LogP contribution in [0.3, 0.4) is 0 Å². The zero-order valence-electron chi connectivity index (χ0n) is 8.15. The molecule has 1 aromatic heterocycles. The Morgan fingerprint density at radius 1 is 1.79 bits per heavy atom. The first-order valence-corrected chi connectivity index (χ1v) is 5.14. The van der Waals surface area contributed by atoms with Gasteiger partial charge in [-0.2, -0.15) is 0 Å². The Morgan fingerprint density at radius 3 is 3.00 bits per heavy atom. The molecule has 0 spiro atoms. The van der Waals surface area contributed by atoms with Crippen LogP contribution in [0.15, 0.2) is 21.6 Å². The summed E-state index contributed by atoms with van der Waals surface area (Å²) in [5.41, 5.74) is 5.57. The van der Waals surface area contributed by atoms with E-state index in [-0.39, 0.29) is 0 Å². The van der Waals surface area contributed by atoms with Crippen LogP contribution in [0.5, 0.6) is 0 Å². The molecule has 0 amide bonds. The average molecular weight is 215 g/mol. The van der Waals surface area contributed by atoms with Crippen LogP contribution < -0.4 is 5.73 Å². The number of hydrogen-bond donors (Lipinski definition) is 1. The van der Waals surface area contributed by atoms with E-state index in [1.165, 1.54) is 18.9 Å². The molecule has 1 aromatic rings. The normalized spacial score (nSPS) is 12.5. The van der Waals surface area contributed by atoms with Crippen LogP contribution in [0.1, 0.15) is 5.76 Å². The standard InChI is InChI=1S/C9H13NO3S/c1-6-8(3-4-13-6)14-5-7(10)9(11)12-2/h3-4,7H,5,10H2,1-2H3. The van der Waals surface area contributed by atoms with E-state index in [0.717, 1.165) is 10.7 Å². The number of aryl methyl sites for hydroxylation is 1. The summed E-state index contributed by atoms with van der Waals surface area (Å²) in [4.78, 5) is 12.0. The van der Waals surface area contributed by atoms with Crippen molar-refractivity contribution in [2.75, 3.05) is 12.9 Å². The lowest BCUT2D eigenvalue weighted by Gasteiger charge is -2.07. The third-order valence-corrected chi connectivity index (χ3v) is 2.99. The predicted octanol–water partition coefficient (Wildman–Crippen LogP) is 1.18. The van der Waals surface area contributed by atoms with E-state index in [1.54, 1.807) is 6.26 Å². The Hall–Kier alpha value is -0.940. The van der Waals surface area contributed by atoms with Gasteiger partial charge in [0.15, 0.2) is 0 Å². The topological polar surface area (TPSA) is 65.5 Å². The van der Waals surface area contributed by atoms with E-state index in [1.807, 2.05) is 13.0 Å². The molecule has 1 atom stereocenters. The predicted molar refractivity (Wildman–Crippen MR) is 54.2 cm³/mol. The zero-order valence-corrected chi connectivity index (χ0v) is 8.97. The van der Waals surface area contributed by atoms with Gasteiger partial charge in [-0.25, -0.2) is 0 Å². The van der Waals surface area contributed by atoms with Crippen molar-refractivity contribution in [3.8, 4) is 0 Å². The fraction of sp³-hybridized carbons (Fsp3) is 0.444. The molecule has 14 heavy (non-hydrogen) atoms. The molecule has 0 aliphatic rings. The average Bonchev–Trinajstić information content (AvgIpc) is 2.59. The van der Waals surface area contributed by atoms with Crippen molar-refractivity contribution in [2.24, 2.45) is 5.73 Å². The summed E-state index contributed by atoms with van der Waals surface area (Å²) < 4.78 is 9.62. The minimum atomic E-state index is -0.584. The molecule has 78 valence electrons. The van der Waals surface area contributed by atoms with E-state index in [0.29, 0.717) is 5.75 Å². The van der Waals surface area contributed by atoms with E-state index < -0.39 is 12.0 Å². The van der Waals surface area contributed by atoms with Gasteiger partial charge in [-0.05, 0) is 13.0 Å². The Labute approximate surface area is 86.8 Å². The Morgan fingerprint density at radius 2 is 2.50 bits per heavy atom. The molecule has 0 saturated heterocycles. The van der Waals surface area contributed by atoms with Crippen LogP contribution in [0, 0.1) is 6.92 Å². The van der Waals surface area contributed by atoms with Crippen LogP contribution in [0.4, 0.5) is 0 Å². The van der Waals surface area contributed by atoms with E-state index in [2.05, 4.69) is 4.74 Å². The number of carbonyl (C=O) groups excluding carboxylic acids is 1. The fourth-order valence-electron chi connectivity index (χ4n) is 0.922. The maximum absolute atomic E-state index is 11.0. The molecule has 0 aromatic carbocycles. The summed E-state index contributed by atoms with van der Waals surface area (Å²) in [6.45, 7) is 1.87. The maximum Gasteiger partial charge on any atom is 0.323 e. The molecule has 0 aliphatic carbocycles. The molecule has 0 fully saturated rings. The van der Waals surface area contributed by atoms with Gasteiger partial charge in [-0.15, -0.1) is 11.8 Å². The molecular formula is C9H13NO3S. The van der Waals surface area contributed by atoms with Crippen molar-refractivity contribution in [3.05, 3.63) is 18.1 Å². The van der Waals surface area contributed by atoms with Gasteiger partial charge in [0.05, 0.1) is 13.4 Å². The smallest absolute Gasteiger partial charge is 0.323 e. The summed E-state index contributed by atoms with van der Waals surface area (Å²) in [7, 11) is 1.33. The molecule has 2 N–H and O–H groups in total. The largest absolute Gasteiger partial charge is 0.468 e. The van der Waals surface area contributed by atoms with Gasteiger partial charge in [-0.3, -0.25) is 4.79 Å². The van der Waals surface area contributed by atoms with Gasteiger partial charge in [0, 0.05) is 10.6 Å².